The van der Waals surface area contributed by atoms with Crippen molar-refractivity contribution in [2.45, 2.75) is 19.9 Å². The SMILES string of the molecule is CCC(=O)Nc1cn(CC(=O)n2ccc3cccc(N)c32)nn1. The Morgan fingerprint density at radius 1 is 1.30 bits per heavy atom. The lowest BCUT2D eigenvalue weighted by Gasteiger charge is -2.06. The minimum Gasteiger partial charge on any atom is -0.397 e. The van der Waals surface area contributed by atoms with Crippen molar-refractivity contribution in [3.63, 3.8) is 0 Å². The molecule has 0 spiro atoms. The molecule has 0 radical (unpaired) electrons. The summed E-state index contributed by atoms with van der Waals surface area (Å²) >= 11 is 0. The summed E-state index contributed by atoms with van der Waals surface area (Å²) in [5, 5.41) is 11.1. The molecule has 3 N–H and O–H groups in total. The fourth-order valence-corrected chi connectivity index (χ4v) is 2.31. The Morgan fingerprint density at radius 2 is 2.13 bits per heavy atom. The van der Waals surface area contributed by atoms with Crippen LogP contribution in [0.1, 0.15) is 18.1 Å². The smallest absolute Gasteiger partial charge is 0.252 e. The lowest BCUT2D eigenvalue weighted by molar-refractivity contribution is -0.115. The van der Waals surface area contributed by atoms with Crippen LogP contribution in [0.3, 0.4) is 0 Å². The topological polar surface area (TPSA) is 108 Å². The molecule has 0 bridgehead atoms. The number of carbonyl (C=O) groups is 2. The zero-order valence-corrected chi connectivity index (χ0v) is 12.6. The van der Waals surface area contributed by atoms with Crippen LogP contribution in [0, 0.1) is 0 Å². The van der Waals surface area contributed by atoms with Gasteiger partial charge in [-0.25, -0.2) is 4.68 Å². The molecule has 118 valence electrons. The lowest BCUT2D eigenvalue weighted by atomic mass is 10.2. The van der Waals surface area contributed by atoms with Gasteiger partial charge in [-0.3, -0.25) is 14.2 Å². The van der Waals surface area contributed by atoms with Crippen molar-refractivity contribution >= 4 is 34.2 Å². The van der Waals surface area contributed by atoms with Gasteiger partial charge in [0.1, 0.15) is 6.54 Å². The monoisotopic (exact) mass is 312 g/mol. The molecule has 0 aliphatic carbocycles. The van der Waals surface area contributed by atoms with Crippen molar-refractivity contribution < 1.29 is 9.59 Å². The molecule has 2 aromatic heterocycles. The van der Waals surface area contributed by atoms with Gasteiger partial charge in [-0.2, -0.15) is 0 Å². The number of carbonyl (C=O) groups excluding carboxylic acids is 2. The number of aromatic nitrogens is 4. The minimum absolute atomic E-state index is 0.00684. The predicted molar refractivity (Wildman–Crippen MR) is 85.9 cm³/mol. The summed E-state index contributed by atoms with van der Waals surface area (Å²) in [5.74, 6) is -0.0368. The first-order valence-electron chi connectivity index (χ1n) is 7.17. The summed E-state index contributed by atoms with van der Waals surface area (Å²) in [4.78, 5) is 23.8. The molecule has 3 aromatic rings. The number of hydrogen-bond acceptors (Lipinski definition) is 5. The van der Waals surface area contributed by atoms with E-state index in [1.54, 1.807) is 19.2 Å². The summed E-state index contributed by atoms with van der Waals surface area (Å²) in [6, 6.07) is 7.31. The zero-order valence-electron chi connectivity index (χ0n) is 12.6. The highest BCUT2D eigenvalue weighted by Gasteiger charge is 2.13. The van der Waals surface area contributed by atoms with Crippen molar-refractivity contribution in [2.75, 3.05) is 11.1 Å². The Labute approximate surface area is 131 Å². The first-order valence-corrected chi connectivity index (χ1v) is 7.17. The molecule has 23 heavy (non-hydrogen) atoms. The maximum absolute atomic E-state index is 12.5. The van der Waals surface area contributed by atoms with E-state index >= 15 is 0 Å². The number of hydrogen-bond donors (Lipinski definition) is 2. The van der Waals surface area contributed by atoms with Gasteiger partial charge in [-0.05, 0) is 12.1 Å². The van der Waals surface area contributed by atoms with Gasteiger partial charge in [0, 0.05) is 18.0 Å². The van der Waals surface area contributed by atoms with Crippen molar-refractivity contribution in [3.05, 3.63) is 36.7 Å². The van der Waals surface area contributed by atoms with Crippen molar-refractivity contribution in [2.24, 2.45) is 0 Å². The standard InChI is InChI=1S/C15H16N6O2/c1-2-13(22)17-12-8-20(19-18-12)9-14(23)21-7-6-10-4-3-5-11(16)15(10)21/h3-8H,2,9,16H2,1H3,(H,17,22). The highest BCUT2D eigenvalue weighted by atomic mass is 16.2. The highest BCUT2D eigenvalue weighted by molar-refractivity contribution is 5.98. The average molecular weight is 312 g/mol. The number of nitrogens with one attached hydrogen (secondary N) is 1. The molecule has 0 aliphatic rings. The van der Waals surface area contributed by atoms with E-state index in [0.29, 0.717) is 23.4 Å². The Balaban J connectivity index is 1.80. The largest absolute Gasteiger partial charge is 0.397 e. The van der Waals surface area contributed by atoms with Crippen LogP contribution < -0.4 is 11.1 Å². The molecular formula is C15H16N6O2. The third kappa shape index (κ3) is 2.91. The number of nitrogens with zero attached hydrogens (tertiary/aromatic N) is 4. The second kappa shape index (κ2) is 5.91. The maximum atomic E-state index is 12.5. The quantitative estimate of drug-likeness (QED) is 0.710. The molecule has 8 heteroatoms. The second-order valence-electron chi connectivity index (χ2n) is 5.07. The van der Waals surface area contributed by atoms with Crippen molar-refractivity contribution in [1.29, 1.82) is 0 Å². The van der Waals surface area contributed by atoms with E-state index in [2.05, 4.69) is 15.6 Å². The van der Waals surface area contributed by atoms with Crippen LogP contribution in [0.25, 0.3) is 10.9 Å². The molecule has 8 nitrogen and oxygen atoms in total. The molecule has 0 aliphatic heterocycles. The van der Waals surface area contributed by atoms with E-state index in [0.717, 1.165) is 5.39 Å². The van der Waals surface area contributed by atoms with Crippen LogP contribution in [0.2, 0.25) is 0 Å². The van der Waals surface area contributed by atoms with Crippen molar-refractivity contribution in [1.82, 2.24) is 19.6 Å². The van der Waals surface area contributed by atoms with Crippen LogP contribution in [0.15, 0.2) is 36.7 Å². The summed E-state index contributed by atoms with van der Waals surface area (Å²) < 4.78 is 2.87. The van der Waals surface area contributed by atoms with E-state index < -0.39 is 0 Å². The summed E-state index contributed by atoms with van der Waals surface area (Å²) in [7, 11) is 0. The zero-order chi connectivity index (χ0) is 16.4. The van der Waals surface area contributed by atoms with E-state index in [1.165, 1.54) is 15.4 Å². The Morgan fingerprint density at radius 3 is 2.91 bits per heavy atom. The first kappa shape index (κ1) is 14.8. The fraction of sp³-hybridized carbons (Fsp3) is 0.200. The number of amides is 1. The first-order chi connectivity index (χ1) is 11.1. The van der Waals surface area contributed by atoms with Crippen LogP contribution in [-0.2, 0) is 11.3 Å². The van der Waals surface area contributed by atoms with Gasteiger partial charge in [0.25, 0.3) is 5.91 Å². The van der Waals surface area contributed by atoms with Crippen LogP contribution in [0.4, 0.5) is 11.5 Å². The van der Waals surface area contributed by atoms with E-state index in [4.69, 9.17) is 5.73 Å². The van der Waals surface area contributed by atoms with E-state index in [1.807, 2.05) is 18.2 Å². The third-order valence-corrected chi connectivity index (χ3v) is 3.44. The molecule has 3 rings (SSSR count). The Kier molecular flexibility index (Phi) is 3.80. The molecule has 1 amide bonds. The summed E-state index contributed by atoms with van der Waals surface area (Å²) in [5.41, 5.74) is 7.17. The second-order valence-corrected chi connectivity index (χ2v) is 5.07. The number of nitrogens with two attached hydrogens (primary N) is 1. The molecule has 0 atom stereocenters. The molecule has 0 saturated heterocycles. The average Bonchev–Trinajstić information content (AvgIpc) is 3.14. The molecule has 2 heterocycles. The third-order valence-electron chi connectivity index (χ3n) is 3.44. The number of benzene rings is 1. The van der Waals surface area contributed by atoms with Gasteiger partial charge in [-0.15, -0.1) is 5.10 Å². The van der Waals surface area contributed by atoms with Gasteiger partial charge in [0.15, 0.2) is 5.82 Å². The molecule has 0 fully saturated rings. The molecule has 1 aromatic carbocycles. The van der Waals surface area contributed by atoms with Gasteiger partial charge >= 0.3 is 0 Å². The van der Waals surface area contributed by atoms with Gasteiger partial charge < -0.3 is 11.1 Å². The normalized spacial score (nSPS) is 10.8. The Bertz CT molecular complexity index is 879. The van der Waals surface area contributed by atoms with Crippen molar-refractivity contribution in [3.8, 4) is 0 Å². The van der Waals surface area contributed by atoms with Gasteiger partial charge in [-0.1, -0.05) is 24.3 Å². The highest BCUT2D eigenvalue weighted by Crippen LogP contribution is 2.22. The van der Waals surface area contributed by atoms with Gasteiger partial charge in [0.2, 0.25) is 5.91 Å². The molecular weight excluding hydrogens is 296 g/mol. The fourth-order valence-electron chi connectivity index (χ4n) is 2.31. The molecule has 0 unspecified atom stereocenters. The number of nitrogen functional groups attached to an aromatic ring is 1. The molecule has 0 saturated carbocycles. The maximum Gasteiger partial charge on any atom is 0.252 e. The van der Waals surface area contributed by atoms with Crippen LogP contribution in [0.5, 0.6) is 0 Å². The van der Waals surface area contributed by atoms with E-state index in [-0.39, 0.29) is 18.4 Å². The summed E-state index contributed by atoms with van der Waals surface area (Å²) in [6.07, 6.45) is 3.54. The number of fused-ring (bicyclic) bond motifs is 1. The predicted octanol–water partition coefficient (Wildman–Crippen LogP) is 1.50. The number of anilines is 2. The van der Waals surface area contributed by atoms with E-state index in [9.17, 15) is 9.59 Å². The minimum atomic E-state index is -0.198. The lowest BCUT2D eigenvalue weighted by Crippen LogP contribution is -2.18. The number of para-hydroxylation sites is 1. The summed E-state index contributed by atoms with van der Waals surface area (Å²) in [6.45, 7) is 1.73. The van der Waals surface area contributed by atoms with Crippen LogP contribution >= 0.6 is 0 Å². The Hall–Kier alpha value is -3.16. The van der Waals surface area contributed by atoms with Crippen LogP contribution in [-0.4, -0.2) is 31.4 Å². The number of rotatable bonds is 4. The van der Waals surface area contributed by atoms with Gasteiger partial charge in [0.05, 0.1) is 17.4 Å².